The first-order valence-corrected chi connectivity index (χ1v) is 13.9. The van der Waals surface area contributed by atoms with Crippen molar-refractivity contribution >= 4 is 21.7 Å². The Labute approximate surface area is 205 Å². The fraction of sp³-hybridized carbons (Fsp3) is 0.542. The predicted octanol–water partition coefficient (Wildman–Crippen LogP) is 1.37. The number of aromatic nitrogens is 2. The summed E-state index contributed by atoms with van der Waals surface area (Å²) in [6, 6.07) is 10.5. The van der Waals surface area contributed by atoms with Crippen LogP contribution in [-0.4, -0.2) is 61.9 Å². The van der Waals surface area contributed by atoms with Gasteiger partial charge in [-0.1, -0.05) is 30.3 Å². The van der Waals surface area contributed by atoms with Gasteiger partial charge < -0.3 is 5.32 Å². The minimum Gasteiger partial charge on any atom is -0.356 e. The first kappa shape index (κ1) is 25.3. The number of hydrogen-bond donors (Lipinski definition) is 2. The molecule has 0 aliphatic carbocycles. The van der Waals surface area contributed by atoms with Crippen molar-refractivity contribution in [2.75, 3.05) is 37.5 Å². The lowest BCUT2D eigenvalue weighted by molar-refractivity contribution is -0.120. The molecule has 2 aromatic rings. The van der Waals surface area contributed by atoms with Gasteiger partial charge in [-0.25, -0.2) is 10.2 Å². The maximum absolute atomic E-state index is 12.6. The van der Waals surface area contributed by atoms with E-state index in [1.165, 1.54) is 10.6 Å². The number of H-pyrrole nitrogens is 1. The van der Waals surface area contributed by atoms with Gasteiger partial charge in [-0.3, -0.25) is 14.5 Å². The molecule has 0 radical (unpaired) electrons. The number of anilines is 1. The molecule has 1 saturated heterocycles. The van der Waals surface area contributed by atoms with Crippen molar-refractivity contribution in [3.63, 3.8) is 0 Å². The summed E-state index contributed by atoms with van der Waals surface area (Å²) in [5.74, 6) is 0.345. The number of rotatable bonds is 9. The van der Waals surface area contributed by atoms with Gasteiger partial charge in [0, 0.05) is 25.2 Å². The lowest BCUT2D eigenvalue weighted by atomic mass is 9.93. The van der Waals surface area contributed by atoms with E-state index >= 15 is 0 Å². The third-order valence-electron chi connectivity index (χ3n) is 6.55. The van der Waals surface area contributed by atoms with Crippen LogP contribution in [0.2, 0.25) is 0 Å². The van der Waals surface area contributed by atoms with Crippen molar-refractivity contribution in [1.29, 1.82) is 0 Å². The smallest absolute Gasteiger partial charge is 0.285 e. The number of nitrogens with zero attached hydrogens (tertiary/aromatic N) is 3. The lowest BCUT2D eigenvalue weighted by Crippen LogP contribution is -2.38. The summed E-state index contributed by atoms with van der Waals surface area (Å²) in [7, 11) is -3.79. The molecule has 0 saturated carbocycles. The maximum atomic E-state index is 12.6. The molecule has 35 heavy (non-hydrogen) atoms. The number of carbonyl (C=O) groups excluding carboxylic acids is 1. The van der Waals surface area contributed by atoms with Gasteiger partial charge in [0.25, 0.3) is 15.7 Å². The van der Waals surface area contributed by atoms with Crippen LogP contribution in [0.5, 0.6) is 0 Å². The highest BCUT2D eigenvalue weighted by atomic mass is 32.2. The van der Waals surface area contributed by atoms with Gasteiger partial charge in [0.1, 0.15) is 0 Å². The number of nitrogens with one attached hydrogen (secondary N) is 2. The molecule has 2 N–H and O–H groups in total. The van der Waals surface area contributed by atoms with Crippen molar-refractivity contribution in [3.8, 4) is 0 Å². The van der Waals surface area contributed by atoms with Crippen LogP contribution in [0.15, 0.2) is 35.1 Å². The zero-order valence-electron chi connectivity index (χ0n) is 20.0. The molecular formula is C24H33N5O5S. The quantitative estimate of drug-likeness (QED) is 0.526. The van der Waals surface area contributed by atoms with Gasteiger partial charge in [0.2, 0.25) is 5.91 Å². The Balaban J connectivity index is 1.27. The molecule has 0 spiro atoms. The number of aromatic amines is 1. The molecule has 1 aromatic heterocycles. The van der Waals surface area contributed by atoms with E-state index in [-0.39, 0.29) is 18.0 Å². The molecule has 0 bridgehead atoms. The van der Waals surface area contributed by atoms with Crippen LogP contribution in [0.4, 0.5) is 5.69 Å². The molecule has 1 amide bonds. The van der Waals surface area contributed by atoms with Crippen molar-refractivity contribution < 1.29 is 17.5 Å². The highest BCUT2D eigenvalue weighted by molar-refractivity contribution is 7.86. The zero-order chi connectivity index (χ0) is 24.8. The van der Waals surface area contributed by atoms with Gasteiger partial charge in [-0.2, -0.15) is 13.5 Å². The summed E-state index contributed by atoms with van der Waals surface area (Å²) in [5.41, 5.74) is 1.90. The number of amides is 1. The molecular weight excluding hydrogens is 470 g/mol. The van der Waals surface area contributed by atoms with Crippen LogP contribution in [0.1, 0.15) is 42.5 Å². The summed E-state index contributed by atoms with van der Waals surface area (Å²) < 4.78 is 28.4. The molecule has 2 aliphatic heterocycles. The van der Waals surface area contributed by atoms with E-state index in [0.717, 1.165) is 45.2 Å². The summed E-state index contributed by atoms with van der Waals surface area (Å²) >= 11 is 0. The van der Waals surface area contributed by atoms with E-state index in [9.17, 15) is 18.0 Å². The van der Waals surface area contributed by atoms with E-state index in [4.69, 9.17) is 4.28 Å². The number of piperidine rings is 1. The Hall–Kier alpha value is -2.76. The second kappa shape index (κ2) is 11.3. The van der Waals surface area contributed by atoms with Gasteiger partial charge >= 0.3 is 0 Å². The molecule has 10 nitrogen and oxygen atoms in total. The first-order chi connectivity index (χ1) is 16.8. The number of hydroxylamine groups is 1. The molecule has 1 aromatic carbocycles. The normalized spacial score (nSPS) is 17.2. The number of fused-ring (bicyclic) bond motifs is 1. The highest BCUT2D eigenvalue weighted by Crippen LogP contribution is 2.28. The Morgan fingerprint density at radius 3 is 2.66 bits per heavy atom. The zero-order valence-corrected chi connectivity index (χ0v) is 20.8. The number of carbonyl (C=O) groups is 1. The molecule has 1 fully saturated rings. The van der Waals surface area contributed by atoms with Crippen molar-refractivity contribution in [3.05, 3.63) is 57.5 Å². The van der Waals surface area contributed by atoms with Crippen molar-refractivity contribution in [2.24, 2.45) is 5.92 Å². The van der Waals surface area contributed by atoms with E-state index in [1.54, 1.807) is 0 Å². The summed E-state index contributed by atoms with van der Waals surface area (Å²) in [5, 5.41) is 10.6. The standard InChI is InChI=1S/C24H33N5O5S/c1-35(32,33)34-29-13-5-8-20-23(29)21(26-27-24(20)31)16-22(30)25-12-9-18-10-14-28(15-11-18)17-19-6-3-2-4-7-19/h2-4,6-7,18H,5,8-17H2,1H3,(H,25,30)(H,27,31). The Morgan fingerprint density at radius 2 is 1.94 bits per heavy atom. The SMILES string of the molecule is CS(=O)(=O)ON1CCCc2c1c(CC(=O)NCCC1CCN(Cc3ccccc3)CC1)n[nH]c2=O. The average Bonchev–Trinajstić information content (AvgIpc) is 2.82. The number of benzene rings is 1. The lowest BCUT2D eigenvalue weighted by Gasteiger charge is -2.32. The van der Waals surface area contributed by atoms with E-state index in [1.807, 2.05) is 6.07 Å². The van der Waals surface area contributed by atoms with E-state index < -0.39 is 15.7 Å². The third-order valence-corrected chi connectivity index (χ3v) is 7.00. The van der Waals surface area contributed by atoms with Gasteiger partial charge in [-0.15, -0.1) is 4.28 Å². The molecule has 2 aliphatic rings. The largest absolute Gasteiger partial charge is 0.356 e. The predicted molar refractivity (Wildman–Crippen MR) is 132 cm³/mol. The van der Waals surface area contributed by atoms with Crippen molar-refractivity contribution in [2.45, 2.75) is 45.1 Å². The molecule has 0 atom stereocenters. The third kappa shape index (κ3) is 7.12. The van der Waals surface area contributed by atoms with E-state index in [0.29, 0.717) is 43.1 Å². The second-order valence-electron chi connectivity index (χ2n) is 9.33. The van der Waals surface area contributed by atoms with Crippen LogP contribution >= 0.6 is 0 Å². The summed E-state index contributed by atoms with van der Waals surface area (Å²) in [6.07, 6.45) is 5.02. The van der Waals surface area contributed by atoms with Crippen LogP contribution < -0.4 is 15.9 Å². The van der Waals surface area contributed by atoms with Crippen LogP contribution in [-0.2, 0) is 38.6 Å². The maximum Gasteiger partial charge on any atom is 0.285 e. The number of likely N-dealkylation sites (tertiary alicyclic amines) is 1. The van der Waals surface area contributed by atoms with Crippen LogP contribution in [0, 0.1) is 5.92 Å². The Kier molecular flexibility index (Phi) is 8.19. The average molecular weight is 504 g/mol. The van der Waals surface area contributed by atoms with Crippen LogP contribution in [0.25, 0.3) is 0 Å². The number of hydrogen-bond acceptors (Lipinski definition) is 8. The Morgan fingerprint density at radius 1 is 1.20 bits per heavy atom. The molecule has 190 valence electrons. The fourth-order valence-corrected chi connectivity index (χ4v) is 5.30. The minimum atomic E-state index is -3.79. The summed E-state index contributed by atoms with van der Waals surface area (Å²) in [4.78, 5) is 27.3. The van der Waals surface area contributed by atoms with Gasteiger partial charge in [0.05, 0.1) is 24.1 Å². The van der Waals surface area contributed by atoms with Crippen molar-refractivity contribution in [1.82, 2.24) is 20.4 Å². The molecule has 11 heteroatoms. The topological polar surface area (TPSA) is 125 Å². The molecule has 4 rings (SSSR count). The minimum absolute atomic E-state index is 0.0712. The Bertz CT molecular complexity index is 1180. The monoisotopic (exact) mass is 503 g/mol. The first-order valence-electron chi connectivity index (χ1n) is 12.1. The fourth-order valence-electron chi connectivity index (χ4n) is 4.82. The molecule has 0 unspecified atom stereocenters. The second-order valence-corrected chi connectivity index (χ2v) is 10.9. The molecule has 3 heterocycles. The highest BCUT2D eigenvalue weighted by Gasteiger charge is 2.28. The van der Waals surface area contributed by atoms with E-state index in [2.05, 4.69) is 44.7 Å². The van der Waals surface area contributed by atoms with Crippen LogP contribution in [0.3, 0.4) is 0 Å². The van der Waals surface area contributed by atoms with Gasteiger partial charge in [-0.05, 0) is 56.7 Å². The van der Waals surface area contributed by atoms with Gasteiger partial charge in [0.15, 0.2) is 0 Å². The summed E-state index contributed by atoms with van der Waals surface area (Å²) in [6.45, 7) is 3.94.